The predicted octanol–water partition coefficient (Wildman–Crippen LogP) is 5.46. The van der Waals surface area contributed by atoms with Crippen LogP contribution in [0.1, 0.15) is 58.4 Å². The molecule has 1 N–H and O–H groups in total. The van der Waals surface area contributed by atoms with Gasteiger partial charge in [-0.25, -0.2) is 14.8 Å². The minimum absolute atomic E-state index is 0.0728. The normalized spacial score (nSPS) is 15.0. The number of fused-ring (bicyclic) bond motifs is 1. The molecule has 2 aromatic carbocycles. The third kappa shape index (κ3) is 3.87. The zero-order valence-electron chi connectivity index (χ0n) is 16.5. The molecule has 0 aliphatic heterocycles. The first-order chi connectivity index (χ1) is 13.9. The van der Waals surface area contributed by atoms with Gasteiger partial charge in [0.1, 0.15) is 6.33 Å². The summed E-state index contributed by atoms with van der Waals surface area (Å²) in [5.74, 6) is -0.915. The lowest BCUT2D eigenvalue weighted by molar-refractivity contribution is 0.0697. The monoisotopic (exact) mass is 382 g/mol. The molecule has 144 valence electrons. The van der Waals surface area contributed by atoms with Crippen LogP contribution in [0.25, 0.3) is 17.7 Å². The Morgan fingerprint density at radius 1 is 1.00 bits per heavy atom. The van der Waals surface area contributed by atoms with Gasteiger partial charge in [0.25, 0.3) is 0 Å². The van der Waals surface area contributed by atoms with Crippen molar-refractivity contribution in [3.63, 3.8) is 0 Å². The zero-order chi connectivity index (χ0) is 20.4. The molecule has 4 rings (SSSR count). The number of hydrogen-bond donors (Lipinski definition) is 1. The molecule has 1 aliphatic carbocycles. The topological polar surface area (TPSA) is 63.1 Å². The first kappa shape index (κ1) is 18.8. The van der Waals surface area contributed by atoms with E-state index >= 15 is 0 Å². The van der Waals surface area contributed by atoms with Crippen molar-refractivity contribution in [1.29, 1.82) is 0 Å². The van der Waals surface area contributed by atoms with Crippen LogP contribution < -0.4 is 0 Å². The van der Waals surface area contributed by atoms with Gasteiger partial charge in [0.2, 0.25) is 0 Å². The van der Waals surface area contributed by atoms with Crippen molar-refractivity contribution < 1.29 is 9.90 Å². The smallest absolute Gasteiger partial charge is 0.335 e. The summed E-state index contributed by atoms with van der Waals surface area (Å²) in [6.07, 6.45) is 12.6. The van der Waals surface area contributed by atoms with Crippen LogP contribution in [0.5, 0.6) is 0 Å². The summed E-state index contributed by atoms with van der Waals surface area (Å²) >= 11 is 0. The second kappa shape index (κ2) is 7.47. The molecule has 29 heavy (non-hydrogen) atoms. The van der Waals surface area contributed by atoms with E-state index in [2.05, 4.69) is 54.2 Å². The number of carboxylic acids is 1. The summed E-state index contributed by atoms with van der Waals surface area (Å²) in [6, 6.07) is 13.4. The highest BCUT2D eigenvalue weighted by atomic mass is 16.4. The molecule has 4 heteroatoms. The number of nitrogens with zero attached hydrogens (tertiary/aromatic N) is 2. The SMILES string of the molecule is CC1(C)CC=C(c2cncnc2)c2cc(C=Cc3ccc(C(=O)O)cc3)ccc21. The summed E-state index contributed by atoms with van der Waals surface area (Å²) in [5.41, 5.74) is 7.13. The maximum Gasteiger partial charge on any atom is 0.335 e. The van der Waals surface area contributed by atoms with Gasteiger partial charge in [-0.05, 0) is 57.9 Å². The van der Waals surface area contributed by atoms with Crippen LogP contribution in [0.3, 0.4) is 0 Å². The molecule has 0 spiro atoms. The Kier molecular flexibility index (Phi) is 4.85. The summed E-state index contributed by atoms with van der Waals surface area (Å²) in [5, 5.41) is 9.03. The number of aromatic carboxylic acids is 1. The fraction of sp³-hybridized carbons (Fsp3) is 0.160. The molecule has 0 unspecified atom stereocenters. The molecular formula is C25H22N2O2. The van der Waals surface area contributed by atoms with Crippen LogP contribution in [0.15, 0.2) is 67.3 Å². The molecule has 3 aromatic rings. The second-order valence-corrected chi connectivity index (χ2v) is 7.90. The minimum Gasteiger partial charge on any atom is -0.478 e. The van der Waals surface area contributed by atoms with E-state index in [1.807, 2.05) is 30.6 Å². The van der Waals surface area contributed by atoms with E-state index in [0.717, 1.165) is 23.1 Å². The maximum atomic E-state index is 11.0. The van der Waals surface area contributed by atoms with Crippen molar-refractivity contribution in [3.8, 4) is 0 Å². The predicted molar refractivity (Wildman–Crippen MR) is 116 cm³/mol. The highest BCUT2D eigenvalue weighted by molar-refractivity contribution is 5.88. The summed E-state index contributed by atoms with van der Waals surface area (Å²) in [4.78, 5) is 19.4. The standard InChI is InChI=1S/C25H22N2O2/c1-25(2)12-11-21(20-14-26-16-27-15-20)22-13-18(7-10-23(22)25)4-3-17-5-8-19(9-6-17)24(28)29/h3-11,13-16H,12H2,1-2H3,(H,28,29). The Labute approximate surface area is 170 Å². The Bertz CT molecular complexity index is 1110. The molecule has 0 amide bonds. The van der Waals surface area contributed by atoms with Crippen molar-refractivity contribution in [2.75, 3.05) is 0 Å². The maximum absolute atomic E-state index is 11.0. The van der Waals surface area contributed by atoms with Crippen molar-refractivity contribution in [2.24, 2.45) is 0 Å². The molecule has 0 fully saturated rings. The minimum atomic E-state index is -0.915. The Hall–Kier alpha value is -3.53. The number of carbonyl (C=O) groups is 1. The average Bonchev–Trinajstić information content (AvgIpc) is 2.73. The largest absolute Gasteiger partial charge is 0.478 e. The molecule has 0 atom stereocenters. The van der Waals surface area contributed by atoms with E-state index in [1.165, 1.54) is 16.7 Å². The van der Waals surface area contributed by atoms with Crippen LogP contribution in [0.4, 0.5) is 0 Å². The number of allylic oxidation sites excluding steroid dienone is 1. The van der Waals surface area contributed by atoms with E-state index in [4.69, 9.17) is 5.11 Å². The van der Waals surface area contributed by atoms with Crippen molar-refractivity contribution in [1.82, 2.24) is 9.97 Å². The Morgan fingerprint density at radius 2 is 1.66 bits per heavy atom. The first-order valence-electron chi connectivity index (χ1n) is 9.56. The molecule has 0 radical (unpaired) electrons. The molecular weight excluding hydrogens is 360 g/mol. The van der Waals surface area contributed by atoms with E-state index < -0.39 is 5.97 Å². The number of hydrogen-bond acceptors (Lipinski definition) is 3. The van der Waals surface area contributed by atoms with Gasteiger partial charge in [-0.1, -0.05) is 56.3 Å². The highest BCUT2D eigenvalue weighted by Gasteiger charge is 2.28. The van der Waals surface area contributed by atoms with Gasteiger partial charge in [0, 0.05) is 18.0 Å². The van der Waals surface area contributed by atoms with Gasteiger partial charge < -0.3 is 5.11 Å². The number of aromatic nitrogens is 2. The fourth-order valence-corrected chi connectivity index (χ4v) is 3.70. The van der Waals surface area contributed by atoms with E-state index in [-0.39, 0.29) is 11.0 Å². The fourth-order valence-electron chi connectivity index (χ4n) is 3.70. The Balaban J connectivity index is 1.69. The quantitative estimate of drug-likeness (QED) is 0.609. The van der Waals surface area contributed by atoms with E-state index in [1.54, 1.807) is 18.5 Å². The first-order valence-corrected chi connectivity index (χ1v) is 9.56. The highest BCUT2D eigenvalue weighted by Crippen LogP contribution is 2.41. The zero-order valence-corrected chi connectivity index (χ0v) is 16.5. The summed E-state index contributed by atoms with van der Waals surface area (Å²) in [6.45, 7) is 4.53. The van der Waals surface area contributed by atoms with Gasteiger partial charge in [-0.15, -0.1) is 0 Å². The summed E-state index contributed by atoms with van der Waals surface area (Å²) < 4.78 is 0. The third-order valence-electron chi connectivity index (χ3n) is 5.38. The van der Waals surface area contributed by atoms with Crippen molar-refractivity contribution in [3.05, 3.63) is 101 Å². The molecule has 1 aliphatic rings. The lowest BCUT2D eigenvalue weighted by Gasteiger charge is -2.32. The molecule has 1 aromatic heterocycles. The van der Waals surface area contributed by atoms with Gasteiger partial charge in [-0.3, -0.25) is 0 Å². The van der Waals surface area contributed by atoms with Crippen molar-refractivity contribution in [2.45, 2.75) is 25.7 Å². The summed E-state index contributed by atoms with van der Waals surface area (Å²) in [7, 11) is 0. The lowest BCUT2D eigenvalue weighted by Crippen LogP contribution is -2.22. The van der Waals surface area contributed by atoms with E-state index in [0.29, 0.717) is 0 Å². The molecule has 1 heterocycles. The molecule has 0 saturated carbocycles. The van der Waals surface area contributed by atoms with E-state index in [9.17, 15) is 4.79 Å². The van der Waals surface area contributed by atoms with Gasteiger partial charge in [0.05, 0.1) is 5.56 Å². The van der Waals surface area contributed by atoms with Crippen LogP contribution in [-0.4, -0.2) is 21.0 Å². The molecule has 4 nitrogen and oxygen atoms in total. The van der Waals surface area contributed by atoms with Crippen LogP contribution in [0.2, 0.25) is 0 Å². The van der Waals surface area contributed by atoms with Crippen molar-refractivity contribution >= 4 is 23.7 Å². The van der Waals surface area contributed by atoms with Crippen LogP contribution in [-0.2, 0) is 5.41 Å². The number of rotatable bonds is 4. The van der Waals surface area contributed by atoms with Gasteiger partial charge in [-0.2, -0.15) is 0 Å². The lowest BCUT2D eigenvalue weighted by atomic mass is 9.72. The van der Waals surface area contributed by atoms with Gasteiger partial charge >= 0.3 is 5.97 Å². The van der Waals surface area contributed by atoms with Crippen LogP contribution in [0, 0.1) is 0 Å². The number of carboxylic acid groups (broad SMARTS) is 1. The number of benzene rings is 2. The van der Waals surface area contributed by atoms with Gasteiger partial charge in [0.15, 0.2) is 0 Å². The van der Waals surface area contributed by atoms with Crippen LogP contribution >= 0.6 is 0 Å². The molecule has 0 saturated heterocycles. The third-order valence-corrected chi connectivity index (χ3v) is 5.38. The Morgan fingerprint density at radius 3 is 2.34 bits per heavy atom. The second-order valence-electron chi connectivity index (χ2n) is 7.90. The average molecular weight is 382 g/mol. The molecule has 0 bridgehead atoms.